The van der Waals surface area contributed by atoms with Crippen molar-refractivity contribution in [1.29, 1.82) is 0 Å². The molecular weight excluding hydrogens is 196 g/mol. The van der Waals surface area contributed by atoms with E-state index in [1.54, 1.807) is 0 Å². The maximum atomic E-state index is 5.92. The molecule has 14 heavy (non-hydrogen) atoms. The van der Waals surface area contributed by atoms with Gasteiger partial charge in [0.1, 0.15) is 5.75 Å². The summed E-state index contributed by atoms with van der Waals surface area (Å²) in [5.41, 5.74) is 2.66. The Hall–Kier alpha value is -0.690. The zero-order chi connectivity index (χ0) is 9.97. The van der Waals surface area contributed by atoms with Crippen LogP contribution in [0.3, 0.4) is 0 Å². The molecule has 1 saturated carbocycles. The van der Waals surface area contributed by atoms with E-state index in [4.69, 9.17) is 16.3 Å². The molecule has 0 amide bonds. The fraction of sp³-hybridized carbons (Fsp3) is 0.500. The van der Waals surface area contributed by atoms with Gasteiger partial charge in [-0.15, -0.1) is 11.6 Å². The number of ether oxygens (including phenoxy) is 1. The fourth-order valence-electron chi connectivity index (χ4n) is 1.75. The van der Waals surface area contributed by atoms with Crippen LogP contribution < -0.4 is 4.74 Å². The first-order chi connectivity index (χ1) is 6.85. The Labute approximate surface area is 90.0 Å². The molecule has 1 aliphatic carbocycles. The van der Waals surface area contributed by atoms with Crippen LogP contribution in [-0.4, -0.2) is 6.61 Å². The first-order valence-corrected chi connectivity index (χ1v) is 5.70. The van der Waals surface area contributed by atoms with Crippen molar-refractivity contribution in [3.05, 3.63) is 29.3 Å². The molecule has 0 bridgehead atoms. The summed E-state index contributed by atoms with van der Waals surface area (Å²) in [6, 6.07) is 6.29. The molecule has 2 rings (SSSR count). The first-order valence-electron chi connectivity index (χ1n) is 5.16. The van der Waals surface area contributed by atoms with E-state index in [1.807, 2.05) is 13.0 Å². The van der Waals surface area contributed by atoms with E-state index < -0.39 is 0 Å². The second-order valence-electron chi connectivity index (χ2n) is 3.70. The Bertz CT molecular complexity index is 318. The summed E-state index contributed by atoms with van der Waals surface area (Å²) < 4.78 is 5.44. The zero-order valence-electron chi connectivity index (χ0n) is 8.42. The van der Waals surface area contributed by atoms with E-state index in [0.29, 0.717) is 12.5 Å². The van der Waals surface area contributed by atoms with Crippen LogP contribution in [0.2, 0.25) is 0 Å². The molecule has 0 N–H and O–H groups in total. The minimum absolute atomic E-state index is 0.590. The van der Waals surface area contributed by atoms with Gasteiger partial charge >= 0.3 is 0 Å². The van der Waals surface area contributed by atoms with Crippen LogP contribution in [0.5, 0.6) is 5.75 Å². The molecule has 1 nitrogen and oxygen atoms in total. The van der Waals surface area contributed by atoms with E-state index in [2.05, 4.69) is 12.1 Å². The normalized spacial score (nSPS) is 15.6. The van der Waals surface area contributed by atoms with Crippen LogP contribution >= 0.6 is 11.6 Å². The van der Waals surface area contributed by atoms with Crippen molar-refractivity contribution in [3.8, 4) is 5.75 Å². The average molecular weight is 211 g/mol. The Morgan fingerprint density at radius 3 is 2.79 bits per heavy atom. The highest BCUT2D eigenvalue weighted by atomic mass is 35.5. The lowest BCUT2D eigenvalue weighted by atomic mass is 10.0. The monoisotopic (exact) mass is 210 g/mol. The van der Waals surface area contributed by atoms with Crippen LogP contribution in [0.15, 0.2) is 18.2 Å². The Balaban J connectivity index is 2.24. The molecule has 0 atom stereocenters. The van der Waals surface area contributed by atoms with Crippen LogP contribution in [0.1, 0.15) is 36.8 Å². The minimum Gasteiger partial charge on any atom is -0.494 e. The van der Waals surface area contributed by atoms with Gasteiger partial charge in [0, 0.05) is 5.88 Å². The molecule has 0 heterocycles. The third kappa shape index (κ3) is 2.03. The Morgan fingerprint density at radius 1 is 1.43 bits per heavy atom. The molecule has 0 saturated heterocycles. The Kier molecular flexibility index (Phi) is 2.97. The molecular formula is C12H15ClO. The third-order valence-corrected chi connectivity index (χ3v) is 2.87. The van der Waals surface area contributed by atoms with Crippen molar-refractivity contribution in [2.45, 2.75) is 31.6 Å². The maximum absolute atomic E-state index is 5.92. The van der Waals surface area contributed by atoms with Crippen LogP contribution in [0.25, 0.3) is 0 Å². The van der Waals surface area contributed by atoms with Gasteiger partial charge in [-0.1, -0.05) is 6.07 Å². The zero-order valence-corrected chi connectivity index (χ0v) is 9.18. The van der Waals surface area contributed by atoms with Crippen molar-refractivity contribution >= 4 is 11.6 Å². The molecule has 0 radical (unpaired) electrons. The molecule has 1 fully saturated rings. The van der Waals surface area contributed by atoms with E-state index >= 15 is 0 Å². The van der Waals surface area contributed by atoms with E-state index in [1.165, 1.54) is 24.0 Å². The van der Waals surface area contributed by atoms with E-state index in [-0.39, 0.29) is 0 Å². The van der Waals surface area contributed by atoms with Crippen LogP contribution in [0, 0.1) is 0 Å². The number of alkyl halides is 1. The van der Waals surface area contributed by atoms with Gasteiger partial charge in [-0.05, 0) is 48.9 Å². The highest BCUT2D eigenvalue weighted by Crippen LogP contribution is 2.42. The van der Waals surface area contributed by atoms with Crippen molar-refractivity contribution < 1.29 is 4.74 Å². The van der Waals surface area contributed by atoms with Gasteiger partial charge in [-0.2, -0.15) is 0 Å². The van der Waals surface area contributed by atoms with Crippen molar-refractivity contribution in [3.63, 3.8) is 0 Å². The maximum Gasteiger partial charge on any atom is 0.119 e. The number of hydrogen-bond donors (Lipinski definition) is 0. The lowest BCUT2D eigenvalue weighted by Gasteiger charge is -2.09. The highest BCUT2D eigenvalue weighted by Gasteiger charge is 2.25. The summed E-state index contributed by atoms with van der Waals surface area (Å²) in [6.07, 6.45) is 2.63. The van der Waals surface area contributed by atoms with Crippen molar-refractivity contribution in [2.24, 2.45) is 0 Å². The molecule has 0 aliphatic heterocycles. The topological polar surface area (TPSA) is 9.23 Å². The van der Waals surface area contributed by atoms with Gasteiger partial charge in [0.25, 0.3) is 0 Å². The van der Waals surface area contributed by atoms with Gasteiger partial charge in [-0.25, -0.2) is 0 Å². The van der Waals surface area contributed by atoms with Gasteiger partial charge in [0.05, 0.1) is 6.61 Å². The lowest BCUT2D eigenvalue weighted by molar-refractivity contribution is 0.340. The molecule has 0 aromatic heterocycles. The van der Waals surface area contributed by atoms with E-state index in [9.17, 15) is 0 Å². The summed E-state index contributed by atoms with van der Waals surface area (Å²) in [5.74, 6) is 2.29. The first kappa shape index (κ1) is 9.85. The second kappa shape index (κ2) is 4.22. The molecule has 0 unspecified atom stereocenters. The number of benzene rings is 1. The molecule has 0 spiro atoms. The second-order valence-corrected chi connectivity index (χ2v) is 3.97. The highest BCUT2D eigenvalue weighted by molar-refractivity contribution is 6.17. The average Bonchev–Trinajstić information content (AvgIpc) is 3.02. The van der Waals surface area contributed by atoms with Crippen molar-refractivity contribution in [2.75, 3.05) is 6.61 Å². The quantitative estimate of drug-likeness (QED) is 0.689. The summed E-state index contributed by atoms with van der Waals surface area (Å²) >= 11 is 5.92. The number of rotatable bonds is 4. The summed E-state index contributed by atoms with van der Waals surface area (Å²) in [5, 5.41) is 0. The standard InChI is InChI=1S/C12H15ClO/c1-2-14-11-5-6-12(9-3-4-9)10(7-11)8-13/h5-7,9H,2-4,8H2,1H3. The number of halogens is 1. The predicted molar refractivity (Wildman–Crippen MR) is 59.1 cm³/mol. The van der Waals surface area contributed by atoms with E-state index in [0.717, 1.165) is 11.7 Å². The molecule has 1 aromatic rings. The van der Waals surface area contributed by atoms with Crippen molar-refractivity contribution in [1.82, 2.24) is 0 Å². The molecule has 1 aromatic carbocycles. The molecule has 76 valence electrons. The van der Waals surface area contributed by atoms with Crippen LogP contribution in [0.4, 0.5) is 0 Å². The Morgan fingerprint density at radius 2 is 2.21 bits per heavy atom. The summed E-state index contributed by atoms with van der Waals surface area (Å²) in [7, 11) is 0. The lowest BCUT2D eigenvalue weighted by Crippen LogP contribution is -1.95. The minimum atomic E-state index is 0.590. The molecule has 1 aliphatic rings. The SMILES string of the molecule is CCOc1ccc(C2CC2)c(CCl)c1. The summed E-state index contributed by atoms with van der Waals surface area (Å²) in [6.45, 7) is 2.71. The molecule has 2 heteroatoms. The predicted octanol–water partition coefficient (Wildman–Crippen LogP) is 3.70. The van der Waals surface area contributed by atoms with Gasteiger partial charge in [-0.3, -0.25) is 0 Å². The smallest absolute Gasteiger partial charge is 0.119 e. The van der Waals surface area contributed by atoms with Gasteiger partial charge in [0.15, 0.2) is 0 Å². The van der Waals surface area contributed by atoms with Gasteiger partial charge < -0.3 is 4.74 Å². The summed E-state index contributed by atoms with van der Waals surface area (Å²) in [4.78, 5) is 0. The largest absolute Gasteiger partial charge is 0.494 e. The van der Waals surface area contributed by atoms with Gasteiger partial charge in [0.2, 0.25) is 0 Å². The fourth-order valence-corrected chi connectivity index (χ4v) is 1.98. The third-order valence-electron chi connectivity index (χ3n) is 2.59. The number of hydrogen-bond acceptors (Lipinski definition) is 1. The van der Waals surface area contributed by atoms with Crippen LogP contribution in [-0.2, 0) is 5.88 Å².